The van der Waals surface area contributed by atoms with E-state index < -0.39 is 0 Å². The van der Waals surface area contributed by atoms with Crippen molar-refractivity contribution in [1.82, 2.24) is 20.4 Å². The number of hydrogen-bond donors (Lipinski definition) is 1. The van der Waals surface area contributed by atoms with E-state index in [4.69, 9.17) is 4.52 Å². The number of hydrogen-bond acceptors (Lipinski definition) is 5. The number of nitrogens with zero attached hydrogens (tertiary/aromatic N) is 3. The number of aryl methyl sites for hydroxylation is 1. The van der Waals surface area contributed by atoms with Crippen molar-refractivity contribution < 1.29 is 4.52 Å². The third-order valence-electron chi connectivity index (χ3n) is 3.29. The predicted molar refractivity (Wildman–Crippen MR) is 65.8 cm³/mol. The first-order valence-corrected chi connectivity index (χ1v) is 6.58. The lowest BCUT2D eigenvalue weighted by Gasteiger charge is -2.30. The predicted octanol–water partition coefficient (Wildman–Crippen LogP) is 1.38. The summed E-state index contributed by atoms with van der Waals surface area (Å²) in [5, 5.41) is 7.39. The van der Waals surface area contributed by atoms with E-state index in [-0.39, 0.29) is 6.04 Å². The van der Waals surface area contributed by atoms with Crippen LogP contribution in [0, 0.1) is 0 Å². The molecule has 0 amide bonds. The second kappa shape index (κ2) is 6.12. The van der Waals surface area contributed by atoms with Gasteiger partial charge in [-0.15, -0.1) is 0 Å². The number of piperazine rings is 1. The molecule has 96 valence electrons. The molecule has 1 aromatic rings. The first-order valence-electron chi connectivity index (χ1n) is 6.58. The fourth-order valence-corrected chi connectivity index (χ4v) is 2.10. The second-order valence-corrected chi connectivity index (χ2v) is 4.61. The van der Waals surface area contributed by atoms with E-state index in [0.717, 1.165) is 57.2 Å². The molecule has 2 rings (SSSR count). The smallest absolute Gasteiger partial charge is 0.243 e. The average molecular weight is 238 g/mol. The Bertz CT molecular complexity index is 333. The molecule has 0 bridgehead atoms. The van der Waals surface area contributed by atoms with Gasteiger partial charge in [-0.05, 0) is 13.3 Å². The van der Waals surface area contributed by atoms with E-state index in [9.17, 15) is 0 Å². The van der Waals surface area contributed by atoms with Crippen LogP contribution < -0.4 is 5.32 Å². The quantitative estimate of drug-likeness (QED) is 0.840. The summed E-state index contributed by atoms with van der Waals surface area (Å²) in [5.74, 6) is 1.61. The van der Waals surface area contributed by atoms with Gasteiger partial charge in [-0.2, -0.15) is 4.98 Å². The molecule has 2 heterocycles. The molecule has 0 spiro atoms. The molecular weight excluding hydrogens is 216 g/mol. The Labute approximate surface area is 103 Å². The highest BCUT2D eigenvalue weighted by molar-refractivity contribution is 4.93. The highest BCUT2D eigenvalue weighted by Gasteiger charge is 2.22. The summed E-state index contributed by atoms with van der Waals surface area (Å²) < 4.78 is 5.35. The van der Waals surface area contributed by atoms with Crippen LogP contribution in [0.3, 0.4) is 0 Å². The molecule has 1 unspecified atom stereocenters. The van der Waals surface area contributed by atoms with E-state index in [1.807, 2.05) is 0 Å². The zero-order valence-electron chi connectivity index (χ0n) is 10.8. The van der Waals surface area contributed by atoms with Crippen LogP contribution in [0.2, 0.25) is 0 Å². The van der Waals surface area contributed by atoms with Gasteiger partial charge < -0.3 is 9.84 Å². The van der Waals surface area contributed by atoms with Crippen LogP contribution in [0.5, 0.6) is 0 Å². The highest BCUT2D eigenvalue weighted by atomic mass is 16.5. The zero-order chi connectivity index (χ0) is 12.1. The van der Waals surface area contributed by atoms with Crippen LogP contribution >= 0.6 is 0 Å². The summed E-state index contributed by atoms with van der Waals surface area (Å²) >= 11 is 0. The van der Waals surface area contributed by atoms with Gasteiger partial charge in [0.25, 0.3) is 0 Å². The lowest BCUT2D eigenvalue weighted by Crippen LogP contribution is -2.44. The first kappa shape index (κ1) is 12.5. The Morgan fingerprint density at radius 1 is 1.41 bits per heavy atom. The van der Waals surface area contributed by atoms with Gasteiger partial charge in [0.1, 0.15) is 0 Å². The fraction of sp³-hybridized carbons (Fsp3) is 0.833. The molecule has 1 aliphatic rings. The topological polar surface area (TPSA) is 54.2 Å². The lowest BCUT2D eigenvalue weighted by molar-refractivity contribution is 0.154. The minimum atomic E-state index is 0.236. The van der Waals surface area contributed by atoms with Crippen molar-refractivity contribution in [3.8, 4) is 0 Å². The zero-order valence-corrected chi connectivity index (χ0v) is 10.8. The Kier molecular flexibility index (Phi) is 4.50. The molecular formula is C12H22N4O. The molecule has 1 N–H and O–H groups in total. The third kappa shape index (κ3) is 3.26. The van der Waals surface area contributed by atoms with E-state index in [1.54, 1.807) is 0 Å². The molecule has 1 aromatic heterocycles. The van der Waals surface area contributed by atoms with Gasteiger partial charge in [0.2, 0.25) is 5.89 Å². The molecule has 0 radical (unpaired) electrons. The van der Waals surface area contributed by atoms with Crippen LogP contribution in [-0.4, -0.2) is 41.2 Å². The molecule has 17 heavy (non-hydrogen) atoms. The van der Waals surface area contributed by atoms with Crippen molar-refractivity contribution in [1.29, 1.82) is 0 Å². The molecule has 5 heteroatoms. The van der Waals surface area contributed by atoms with Gasteiger partial charge in [0, 0.05) is 32.6 Å². The van der Waals surface area contributed by atoms with E-state index in [0.29, 0.717) is 0 Å². The number of nitrogens with one attached hydrogen (secondary N) is 1. The van der Waals surface area contributed by atoms with Gasteiger partial charge in [-0.25, -0.2) is 0 Å². The Balaban J connectivity index is 1.93. The number of unbranched alkanes of at least 4 members (excludes halogenated alkanes) is 1. The number of aromatic nitrogens is 2. The molecule has 0 aliphatic carbocycles. The lowest BCUT2D eigenvalue weighted by atomic mass is 10.2. The largest absolute Gasteiger partial charge is 0.338 e. The van der Waals surface area contributed by atoms with Crippen molar-refractivity contribution in [2.45, 2.75) is 39.2 Å². The highest BCUT2D eigenvalue weighted by Crippen LogP contribution is 2.18. The van der Waals surface area contributed by atoms with Crippen molar-refractivity contribution in [2.75, 3.05) is 26.2 Å². The standard InChI is InChI=1S/C12H22N4O/c1-3-4-5-11-14-12(17-15-11)10(2)16-8-6-13-7-9-16/h10,13H,3-9H2,1-2H3. The molecule has 1 fully saturated rings. The van der Waals surface area contributed by atoms with Gasteiger partial charge in [0.05, 0.1) is 6.04 Å². The SMILES string of the molecule is CCCCc1noc(C(C)N2CCNCC2)n1. The van der Waals surface area contributed by atoms with Gasteiger partial charge in [0.15, 0.2) is 5.82 Å². The van der Waals surface area contributed by atoms with E-state index in [1.165, 1.54) is 0 Å². The monoisotopic (exact) mass is 238 g/mol. The molecule has 1 saturated heterocycles. The maximum Gasteiger partial charge on any atom is 0.243 e. The summed E-state index contributed by atoms with van der Waals surface area (Å²) in [7, 11) is 0. The van der Waals surface area contributed by atoms with E-state index in [2.05, 4.69) is 34.2 Å². The summed E-state index contributed by atoms with van der Waals surface area (Å²) in [6, 6.07) is 0.236. The van der Waals surface area contributed by atoms with Crippen molar-refractivity contribution in [2.24, 2.45) is 0 Å². The molecule has 1 atom stereocenters. The molecule has 5 nitrogen and oxygen atoms in total. The van der Waals surface area contributed by atoms with Gasteiger partial charge in [-0.3, -0.25) is 4.90 Å². The summed E-state index contributed by atoms with van der Waals surface area (Å²) in [5.41, 5.74) is 0. The Hall–Kier alpha value is -0.940. The van der Waals surface area contributed by atoms with Gasteiger partial charge >= 0.3 is 0 Å². The van der Waals surface area contributed by atoms with Crippen LogP contribution in [-0.2, 0) is 6.42 Å². The minimum absolute atomic E-state index is 0.236. The van der Waals surface area contributed by atoms with Crippen LogP contribution in [0.1, 0.15) is 44.4 Å². The van der Waals surface area contributed by atoms with Crippen molar-refractivity contribution in [3.63, 3.8) is 0 Å². The summed E-state index contributed by atoms with van der Waals surface area (Å²) in [6.45, 7) is 8.50. The summed E-state index contributed by atoms with van der Waals surface area (Å²) in [4.78, 5) is 6.87. The molecule has 1 aliphatic heterocycles. The maximum absolute atomic E-state index is 5.35. The van der Waals surface area contributed by atoms with Crippen LogP contribution in [0.15, 0.2) is 4.52 Å². The van der Waals surface area contributed by atoms with E-state index >= 15 is 0 Å². The van der Waals surface area contributed by atoms with Crippen molar-refractivity contribution in [3.05, 3.63) is 11.7 Å². The number of rotatable bonds is 5. The Morgan fingerprint density at radius 3 is 2.88 bits per heavy atom. The molecule has 0 saturated carbocycles. The third-order valence-corrected chi connectivity index (χ3v) is 3.29. The average Bonchev–Trinajstić information content (AvgIpc) is 2.85. The Morgan fingerprint density at radius 2 is 2.18 bits per heavy atom. The fourth-order valence-electron chi connectivity index (χ4n) is 2.10. The maximum atomic E-state index is 5.35. The van der Waals surface area contributed by atoms with Crippen LogP contribution in [0.25, 0.3) is 0 Å². The van der Waals surface area contributed by atoms with Gasteiger partial charge in [-0.1, -0.05) is 18.5 Å². The molecule has 0 aromatic carbocycles. The minimum Gasteiger partial charge on any atom is -0.338 e. The first-order chi connectivity index (χ1) is 8.31. The van der Waals surface area contributed by atoms with Crippen LogP contribution in [0.4, 0.5) is 0 Å². The van der Waals surface area contributed by atoms with Crippen molar-refractivity contribution >= 4 is 0 Å². The second-order valence-electron chi connectivity index (χ2n) is 4.61. The normalized spacial score (nSPS) is 19.4. The summed E-state index contributed by atoms with van der Waals surface area (Å²) in [6.07, 6.45) is 3.21.